The highest BCUT2D eigenvalue weighted by molar-refractivity contribution is 5.82. The molecular weight excluding hydrogens is 286 g/mol. The van der Waals surface area contributed by atoms with E-state index in [1.807, 2.05) is 17.0 Å². The van der Waals surface area contributed by atoms with Gasteiger partial charge < -0.3 is 5.11 Å². The second kappa shape index (κ2) is 7.25. The smallest absolute Gasteiger partial charge is 0.317 e. The molecule has 3 rings (SSSR count). The Bertz CT molecular complexity index is 641. The summed E-state index contributed by atoms with van der Waals surface area (Å²) in [5.41, 5.74) is 5.20. The Morgan fingerprint density at radius 2 is 1.35 bits per heavy atom. The fraction of sp³-hybridized carbons (Fsp3) is 0.250. The van der Waals surface area contributed by atoms with Crippen LogP contribution in [-0.2, 0) is 4.79 Å². The minimum atomic E-state index is -0.747. The zero-order valence-corrected chi connectivity index (χ0v) is 13.1. The van der Waals surface area contributed by atoms with Crippen LogP contribution in [0.15, 0.2) is 66.2 Å². The molecule has 0 saturated carbocycles. The van der Waals surface area contributed by atoms with E-state index in [-0.39, 0.29) is 6.54 Å². The largest absolute Gasteiger partial charge is 0.480 e. The molecule has 23 heavy (non-hydrogen) atoms. The number of nitrogens with zero attached hydrogens (tertiary/aromatic N) is 1. The molecule has 3 heteroatoms. The number of rotatable bonds is 4. The van der Waals surface area contributed by atoms with Crippen molar-refractivity contribution < 1.29 is 9.90 Å². The Labute approximate surface area is 136 Å². The van der Waals surface area contributed by atoms with Gasteiger partial charge >= 0.3 is 5.97 Å². The van der Waals surface area contributed by atoms with Crippen LogP contribution in [0.4, 0.5) is 0 Å². The number of aliphatic carboxylic acids is 1. The summed E-state index contributed by atoms with van der Waals surface area (Å²) in [6, 6.07) is 20.9. The number of hydrogen-bond acceptors (Lipinski definition) is 2. The molecule has 1 N–H and O–H groups in total. The summed E-state index contributed by atoms with van der Waals surface area (Å²) in [5.74, 6) is -0.747. The van der Waals surface area contributed by atoms with Gasteiger partial charge in [0, 0.05) is 13.1 Å². The highest BCUT2D eigenvalue weighted by Crippen LogP contribution is 2.32. The Hall–Kier alpha value is -2.39. The van der Waals surface area contributed by atoms with E-state index in [4.69, 9.17) is 5.11 Å². The highest BCUT2D eigenvalue weighted by atomic mass is 16.4. The Kier molecular flexibility index (Phi) is 4.89. The van der Waals surface area contributed by atoms with Crippen molar-refractivity contribution in [2.75, 3.05) is 19.6 Å². The number of benzene rings is 2. The molecule has 0 spiro atoms. The summed E-state index contributed by atoms with van der Waals surface area (Å²) in [6.07, 6.45) is 1.85. The van der Waals surface area contributed by atoms with E-state index in [1.165, 1.54) is 22.3 Å². The van der Waals surface area contributed by atoms with E-state index in [0.29, 0.717) is 0 Å². The van der Waals surface area contributed by atoms with Gasteiger partial charge in [-0.15, -0.1) is 0 Å². The number of carbonyl (C=O) groups is 1. The lowest BCUT2D eigenvalue weighted by molar-refractivity contribution is -0.138. The van der Waals surface area contributed by atoms with E-state index in [1.54, 1.807) is 0 Å². The molecule has 0 unspecified atom stereocenters. The molecule has 0 aliphatic carbocycles. The number of hydrogen-bond donors (Lipinski definition) is 1. The quantitative estimate of drug-likeness (QED) is 0.937. The van der Waals surface area contributed by atoms with Crippen molar-refractivity contribution in [2.24, 2.45) is 0 Å². The summed E-state index contributed by atoms with van der Waals surface area (Å²) in [4.78, 5) is 12.9. The third-order valence-electron chi connectivity index (χ3n) is 4.30. The molecule has 2 aromatic rings. The first kappa shape index (κ1) is 15.5. The van der Waals surface area contributed by atoms with Crippen LogP contribution in [0.3, 0.4) is 0 Å². The van der Waals surface area contributed by atoms with Crippen molar-refractivity contribution in [1.29, 1.82) is 0 Å². The lowest BCUT2D eigenvalue weighted by atomic mass is 9.88. The SMILES string of the molecule is O=C(O)CN1CCC(=C(c2ccccc2)c2ccccc2)CC1. The van der Waals surface area contributed by atoms with Crippen molar-refractivity contribution in [3.8, 4) is 0 Å². The first-order chi connectivity index (χ1) is 11.2. The molecule has 0 aromatic heterocycles. The van der Waals surface area contributed by atoms with E-state index in [9.17, 15) is 4.79 Å². The summed E-state index contributed by atoms with van der Waals surface area (Å²) in [5, 5.41) is 8.94. The maximum Gasteiger partial charge on any atom is 0.317 e. The number of carboxylic acid groups (broad SMARTS) is 1. The minimum absolute atomic E-state index is 0.138. The molecule has 1 fully saturated rings. The summed E-state index contributed by atoms with van der Waals surface area (Å²) in [6.45, 7) is 1.76. The molecule has 3 nitrogen and oxygen atoms in total. The lowest BCUT2D eigenvalue weighted by Crippen LogP contribution is -2.35. The molecule has 118 valence electrons. The lowest BCUT2D eigenvalue weighted by Gasteiger charge is -2.29. The standard InChI is InChI=1S/C20H21NO2/c22-19(23)15-21-13-11-18(12-14-21)20(16-7-3-1-4-8-16)17-9-5-2-6-10-17/h1-10H,11-15H2,(H,22,23). The number of likely N-dealkylation sites (tertiary alicyclic amines) is 1. The van der Waals surface area contributed by atoms with Gasteiger partial charge in [-0.2, -0.15) is 0 Å². The van der Waals surface area contributed by atoms with Crippen molar-refractivity contribution >= 4 is 11.5 Å². The zero-order chi connectivity index (χ0) is 16.1. The summed E-state index contributed by atoms with van der Waals surface area (Å²) < 4.78 is 0. The van der Waals surface area contributed by atoms with Gasteiger partial charge in [-0.05, 0) is 29.5 Å². The van der Waals surface area contributed by atoms with E-state index < -0.39 is 5.97 Å². The fourth-order valence-corrected chi connectivity index (χ4v) is 3.21. The van der Waals surface area contributed by atoms with Crippen molar-refractivity contribution in [2.45, 2.75) is 12.8 Å². The fourth-order valence-electron chi connectivity index (χ4n) is 3.21. The Morgan fingerprint density at radius 3 is 1.78 bits per heavy atom. The highest BCUT2D eigenvalue weighted by Gasteiger charge is 2.20. The average molecular weight is 307 g/mol. The monoisotopic (exact) mass is 307 g/mol. The number of carboxylic acids is 1. The third kappa shape index (κ3) is 3.88. The summed E-state index contributed by atoms with van der Waals surface area (Å²) in [7, 11) is 0. The molecule has 1 aliphatic heterocycles. The topological polar surface area (TPSA) is 40.5 Å². The van der Waals surface area contributed by atoms with E-state index >= 15 is 0 Å². The van der Waals surface area contributed by atoms with Crippen LogP contribution in [0, 0.1) is 0 Å². The van der Waals surface area contributed by atoms with Crippen LogP contribution in [-0.4, -0.2) is 35.6 Å². The first-order valence-corrected chi connectivity index (χ1v) is 8.01. The van der Waals surface area contributed by atoms with Gasteiger partial charge in [0.2, 0.25) is 0 Å². The van der Waals surface area contributed by atoms with Crippen LogP contribution in [0.25, 0.3) is 5.57 Å². The van der Waals surface area contributed by atoms with Crippen LogP contribution < -0.4 is 0 Å². The van der Waals surface area contributed by atoms with Crippen LogP contribution in [0.5, 0.6) is 0 Å². The van der Waals surface area contributed by atoms with E-state index in [0.717, 1.165) is 25.9 Å². The second-order valence-electron chi connectivity index (χ2n) is 5.88. The van der Waals surface area contributed by atoms with Crippen molar-refractivity contribution in [3.63, 3.8) is 0 Å². The average Bonchev–Trinajstić information content (AvgIpc) is 2.58. The van der Waals surface area contributed by atoms with Gasteiger partial charge in [0.25, 0.3) is 0 Å². The van der Waals surface area contributed by atoms with Crippen LogP contribution >= 0.6 is 0 Å². The molecule has 0 radical (unpaired) electrons. The Balaban J connectivity index is 1.92. The Morgan fingerprint density at radius 1 is 0.870 bits per heavy atom. The minimum Gasteiger partial charge on any atom is -0.480 e. The van der Waals surface area contributed by atoms with Gasteiger partial charge in [0.05, 0.1) is 6.54 Å². The van der Waals surface area contributed by atoms with Gasteiger partial charge in [-0.1, -0.05) is 66.2 Å². The predicted molar refractivity (Wildman–Crippen MR) is 92.2 cm³/mol. The van der Waals surface area contributed by atoms with Gasteiger partial charge in [-0.25, -0.2) is 0 Å². The predicted octanol–water partition coefficient (Wildman–Crippen LogP) is 3.67. The van der Waals surface area contributed by atoms with Gasteiger partial charge in [0.15, 0.2) is 0 Å². The molecule has 0 amide bonds. The van der Waals surface area contributed by atoms with Crippen molar-refractivity contribution in [1.82, 2.24) is 4.90 Å². The molecular formula is C20H21NO2. The molecule has 2 aromatic carbocycles. The third-order valence-corrected chi connectivity index (χ3v) is 4.30. The van der Waals surface area contributed by atoms with Gasteiger partial charge in [0.1, 0.15) is 0 Å². The second-order valence-corrected chi connectivity index (χ2v) is 5.88. The molecule has 0 bridgehead atoms. The van der Waals surface area contributed by atoms with Crippen molar-refractivity contribution in [3.05, 3.63) is 77.4 Å². The van der Waals surface area contributed by atoms with Gasteiger partial charge in [-0.3, -0.25) is 9.69 Å². The zero-order valence-electron chi connectivity index (χ0n) is 13.1. The summed E-state index contributed by atoms with van der Waals surface area (Å²) >= 11 is 0. The maximum absolute atomic E-state index is 10.9. The maximum atomic E-state index is 10.9. The van der Waals surface area contributed by atoms with E-state index in [2.05, 4.69) is 48.5 Å². The first-order valence-electron chi connectivity index (χ1n) is 8.01. The molecule has 0 atom stereocenters. The van der Waals surface area contributed by atoms with Crippen LogP contribution in [0.1, 0.15) is 24.0 Å². The van der Waals surface area contributed by atoms with Crippen LogP contribution in [0.2, 0.25) is 0 Å². The molecule has 1 heterocycles. The molecule has 1 aliphatic rings. The normalized spacial score (nSPS) is 15.4. The molecule has 1 saturated heterocycles. The number of piperidine rings is 1.